The second kappa shape index (κ2) is 9.64. The van der Waals surface area contributed by atoms with Crippen LogP contribution in [0.1, 0.15) is 24.3 Å². The molecular weight excluding hydrogens is 369 g/mol. The Morgan fingerprint density at radius 2 is 2.00 bits per heavy atom. The van der Waals surface area contributed by atoms with Crippen LogP contribution in [0.2, 0.25) is 5.02 Å². The Morgan fingerprint density at radius 1 is 1.29 bits per heavy atom. The molecule has 0 spiro atoms. The summed E-state index contributed by atoms with van der Waals surface area (Å²) >= 11 is 6.04. The maximum absolute atomic E-state index is 6.04. The van der Waals surface area contributed by atoms with E-state index < -0.39 is 0 Å². The predicted molar refractivity (Wildman–Crippen MR) is 103 cm³/mol. The van der Waals surface area contributed by atoms with Gasteiger partial charge in [0.05, 0.1) is 5.69 Å². The molecule has 7 heteroatoms. The lowest BCUT2D eigenvalue weighted by Crippen LogP contribution is -2.35. The van der Waals surface area contributed by atoms with Crippen LogP contribution < -0.4 is 5.73 Å². The molecule has 1 aliphatic rings. The first-order valence-electron chi connectivity index (χ1n) is 7.80. The van der Waals surface area contributed by atoms with Crippen molar-refractivity contribution in [1.82, 2.24) is 9.88 Å². The standard InChI is InChI=1S/C17H22ClN3O.2ClH/c1-12-16(11-21-7-5-13(10-19)6-8-21)20-17(22-12)14-3-2-4-15(18)9-14;;/h2-4,9,13H,5-8,10-11,19H2,1H3;2*1H. The maximum atomic E-state index is 6.04. The number of aromatic nitrogens is 1. The molecule has 2 aromatic rings. The third-order valence-electron chi connectivity index (χ3n) is 4.38. The predicted octanol–water partition coefficient (Wildman–Crippen LogP) is 4.32. The zero-order valence-corrected chi connectivity index (χ0v) is 16.1. The second-order valence-electron chi connectivity index (χ2n) is 5.99. The van der Waals surface area contributed by atoms with E-state index in [9.17, 15) is 0 Å². The molecule has 0 amide bonds. The molecule has 4 nitrogen and oxygen atoms in total. The van der Waals surface area contributed by atoms with Crippen LogP contribution in [0.25, 0.3) is 11.5 Å². The minimum absolute atomic E-state index is 0. The monoisotopic (exact) mass is 391 g/mol. The van der Waals surface area contributed by atoms with E-state index in [-0.39, 0.29) is 24.8 Å². The van der Waals surface area contributed by atoms with E-state index in [1.165, 1.54) is 12.8 Å². The summed E-state index contributed by atoms with van der Waals surface area (Å²) in [5, 5.41) is 0.693. The summed E-state index contributed by atoms with van der Waals surface area (Å²) < 4.78 is 5.82. The highest BCUT2D eigenvalue weighted by Gasteiger charge is 2.20. The van der Waals surface area contributed by atoms with E-state index in [2.05, 4.69) is 9.88 Å². The molecule has 0 radical (unpaired) electrons. The van der Waals surface area contributed by atoms with Crippen molar-refractivity contribution in [3.8, 4) is 11.5 Å². The van der Waals surface area contributed by atoms with Crippen LogP contribution in [-0.4, -0.2) is 29.5 Å². The summed E-state index contributed by atoms with van der Waals surface area (Å²) in [5.41, 5.74) is 7.68. The van der Waals surface area contributed by atoms with Gasteiger partial charge in [-0.1, -0.05) is 17.7 Å². The molecule has 1 saturated heterocycles. The molecule has 0 atom stereocenters. The van der Waals surface area contributed by atoms with E-state index in [1.807, 2.05) is 31.2 Å². The lowest BCUT2D eigenvalue weighted by Gasteiger charge is -2.30. The Kier molecular flexibility index (Phi) is 8.54. The number of piperidine rings is 1. The highest BCUT2D eigenvalue weighted by molar-refractivity contribution is 6.30. The van der Waals surface area contributed by atoms with Crippen molar-refractivity contribution in [3.05, 3.63) is 40.7 Å². The number of hydrogen-bond donors (Lipinski definition) is 1. The van der Waals surface area contributed by atoms with Gasteiger partial charge in [-0.2, -0.15) is 0 Å². The molecule has 1 aliphatic heterocycles. The number of halogens is 3. The fourth-order valence-corrected chi connectivity index (χ4v) is 3.10. The highest BCUT2D eigenvalue weighted by Crippen LogP contribution is 2.26. The fraction of sp³-hybridized carbons (Fsp3) is 0.471. The number of likely N-dealkylation sites (tertiary alicyclic amines) is 1. The van der Waals surface area contributed by atoms with Crippen LogP contribution in [0.3, 0.4) is 0 Å². The summed E-state index contributed by atoms with van der Waals surface area (Å²) in [6.07, 6.45) is 2.35. The number of benzene rings is 1. The van der Waals surface area contributed by atoms with Gasteiger partial charge in [0.25, 0.3) is 0 Å². The first-order valence-corrected chi connectivity index (χ1v) is 8.18. The smallest absolute Gasteiger partial charge is 0.226 e. The summed E-state index contributed by atoms with van der Waals surface area (Å²) in [6.45, 7) is 5.78. The molecule has 0 saturated carbocycles. The van der Waals surface area contributed by atoms with E-state index in [4.69, 9.17) is 21.8 Å². The Morgan fingerprint density at radius 3 is 2.62 bits per heavy atom. The van der Waals surface area contributed by atoms with Gasteiger partial charge in [0.2, 0.25) is 5.89 Å². The van der Waals surface area contributed by atoms with Crippen LogP contribution in [0.15, 0.2) is 28.7 Å². The minimum Gasteiger partial charge on any atom is -0.441 e. The van der Waals surface area contributed by atoms with E-state index >= 15 is 0 Å². The highest BCUT2D eigenvalue weighted by atomic mass is 35.5. The topological polar surface area (TPSA) is 55.3 Å². The normalized spacial score (nSPS) is 15.6. The molecule has 1 fully saturated rings. The summed E-state index contributed by atoms with van der Waals surface area (Å²) in [7, 11) is 0. The minimum atomic E-state index is 0. The zero-order valence-electron chi connectivity index (χ0n) is 13.7. The molecule has 2 heterocycles. The first kappa shape index (κ1) is 21.3. The summed E-state index contributed by atoms with van der Waals surface area (Å²) in [5.74, 6) is 2.21. The molecule has 134 valence electrons. The molecule has 1 aromatic carbocycles. The van der Waals surface area contributed by atoms with Gasteiger partial charge in [0.1, 0.15) is 5.76 Å². The van der Waals surface area contributed by atoms with Crippen LogP contribution >= 0.6 is 36.4 Å². The van der Waals surface area contributed by atoms with Gasteiger partial charge in [-0.05, 0) is 63.5 Å². The van der Waals surface area contributed by atoms with E-state index in [0.29, 0.717) is 16.8 Å². The van der Waals surface area contributed by atoms with Gasteiger partial charge in [0, 0.05) is 17.1 Å². The van der Waals surface area contributed by atoms with Crippen LogP contribution in [0.4, 0.5) is 0 Å². The van der Waals surface area contributed by atoms with Gasteiger partial charge in [-0.25, -0.2) is 4.98 Å². The lowest BCUT2D eigenvalue weighted by molar-refractivity contribution is 0.178. The Labute approximate surface area is 160 Å². The van der Waals surface area contributed by atoms with Gasteiger partial charge < -0.3 is 10.2 Å². The first-order chi connectivity index (χ1) is 10.7. The maximum Gasteiger partial charge on any atom is 0.226 e. The molecule has 2 N–H and O–H groups in total. The van der Waals surface area contributed by atoms with E-state index in [0.717, 1.165) is 43.2 Å². The van der Waals surface area contributed by atoms with Crippen molar-refractivity contribution in [2.45, 2.75) is 26.3 Å². The molecule has 24 heavy (non-hydrogen) atoms. The number of nitrogens with zero attached hydrogens (tertiary/aromatic N) is 2. The van der Waals surface area contributed by atoms with Crippen LogP contribution in [0, 0.1) is 12.8 Å². The number of aryl methyl sites for hydroxylation is 1. The third-order valence-corrected chi connectivity index (χ3v) is 4.61. The Balaban J connectivity index is 0.00000144. The van der Waals surface area contributed by atoms with Gasteiger partial charge in [0.15, 0.2) is 0 Å². The van der Waals surface area contributed by atoms with E-state index in [1.54, 1.807) is 0 Å². The largest absolute Gasteiger partial charge is 0.441 e. The quantitative estimate of drug-likeness (QED) is 0.842. The fourth-order valence-electron chi connectivity index (χ4n) is 2.91. The van der Waals surface area contributed by atoms with Gasteiger partial charge in [-0.15, -0.1) is 24.8 Å². The Hall–Kier alpha value is -0.780. The van der Waals surface area contributed by atoms with Crippen molar-refractivity contribution in [3.63, 3.8) is 0 Å². The summed E-state index contributed by atoms with van der Waals surface area (Å²) in [4.78, 5) is 7.09. The number of oxazole rings is 1. The van der Waals surface area contributed by atoms with Crippen molar-refractivity contribution in [2.75, 3.05) is 19.6 Å². The lowest BCUT2D eigenvalue weighted by atomic mass is 9.97. The van der Waals surface area contributed by atoms with Crippen molar-refractivity contribution in [1.29, 1.82) is 0 Å². The molecule has 0 aliphatic carbocycles. The second-order valence-corrected chi connectivity index (χ2v) is 6.42. The van der Waals surface area contributed by atoms with Gasteiger partial charge in [-0.3, -0.25) is 4.90 Å². The van der Waals surface area contributed by atoms with Crippen LogP contribution in [-0.2, 0) is 6.54 Å². The van der Waals surface area contributed by atoms with Gasteiger partial charge >= 0.3 is 0 Å². The van der Waals surface area contributed by atoms with Crippen molar-refractivity contribution < 1.29 is 4.42 Å². The molecule has 1 aromatic heterocycles. The molecule has 0 bridgehead atoms. The Bertz CT molecular complexity index is 640. The number of rotatable bonds is 4. The van der Waals surface area contributed by atoms with Crippen LogP contribution in [0.5, 0.6) is 0 Å². The number of hydrogen-bond acceptors (Lipinski definition) is 4. The number of nitrogens with two attached hydrogens (primary N) is 1. The molecular formula is C17H24Cl3N3O. The SMILES string of the molecule is Cc1oc(-c2cccc(Cl)c2)nc1CN1CCC(CN)CC1.Cl.Cl. The average molecular weight is 393 g/mol. The average Bonchev–Trinajstić information content (AvgIpc) is 2.89. The molecule has 3 rings (SSSR count). The van der Waals surface area contributed by atoms with Crippen molar-refractivity contribution >= 4 is 36.4 Å². The molecule has 0 unspecified atom stereocenters. The third kappa shape index (κ3) is 5.11. The zero-order chi connectivity index (χ0) is 15.5. The summed E-state index contributed by atoms with van der Waals surface area (Å²) in [6, 6.07) is 7.61. The van der Waals surface area contributed by atoms with Crippen molar-refractivity contribution in [2.24, 2.45) is 11.7 Å².